The summed E-state index contributed by atoms with van der Waals surface area (Å²) in [6.45, 7) is 1.09. The summed E-state index contributed by atoms with van der Waals surface area (Å²) >= 11 is 5.61. The molecule has 4 nitrogen and oxygen atoms in total. The number of carbonyl (C=O) groups excluding carboxylic acids is 1. The van der Waals surface area contributed by atoms with Gasteiger partial charge in [0.1, 0.15) is 11.9 Å². The number of benzene rings is 1. The Labute approximate surface area is 109 Å². The molecular weight excluding hydrogens is 259 g/mol. The van der Waals surface area contributed by atoms with Gasteiger partial charge >= 0.3 is 0 Å². The molecule has 1 aliphatic rings. The van der Waals surface area contributed by atoms with E-state index in [4.69, 9.17) is 22.1 Å². The zero-order valence-electron chi connectivity index (χ0n) is 9.66. The van der Waals surface area contributed by atoms with E-state index in [-0.39, 0.29) is 11.1 Å². The summed E-state index contributed by atoms with van der Waals surface area (Å²) in [7, 11) is 0. The lowest BCUT2D eigenvalue weighted by Crippen LogP contribution is -2.55. The first-order valence-electron chi connectivity index (χ1n) is 5.66. The standard InChI is InChI=1S/C12H14ClFN2O2/c13-8-2-1-7(5-9(8)14)6-10-11(12(15)17)16-3-4-18-10/h1-2,5,10-11,16H,3-4,6H2,(H2,15,17). The zero-order valence-corrected chi connectivity index (χ0v) is 10.4. The van der Waals surface area contributed by atoms with E-state index in [1.165, 1.54) is 12.1 Å². The monoisotopic (exact) mass is 272 g/mol. The van der Waals surface area contributed by atoms with Gasteiger partial charge in [-0.3, -0.25) is 4.79 Å². The number of amides is 1. The van der Waals surface area contributed by atoms with Gasteiger partial charge in [0, 0.05) is 13.0 Å². The normalized spacial score (nSPS) is 23.9. The van der Waals surface area contributed by atoms with Crippen molar-refractivity contribution in [3.05, 3.63) is 34.6 Å². The second kappa shape index (κ2) is 5.65. The molecule has 18 heavy (non-hydrogen) atoms. The van der Waals surface area contributed by atoms with Crippen LogP contribution in [0.25, 0.3) is 0 Å². The first-order chi connectivity index (χ1) is 8.58. The number of rotatable bonds is 3. The van der Waals surface area contributed by atoms with Gasteiger partial charge in [-0.05, 0) is 17.7 Å². The molecule has 0 aliphatic carbocycles. The summed E-state index contributed by atoms with van der Waals surface area (Å²) < 4.78 is 18.8. The predicted octanol–water partition coefficient (Wildman–Crippen LogP) is 0.864. The van der Waals surface area contributed by atoms with Gasteiger partial charge in [-0.15, -0.1) is 0 Å². The molecular formula is C12H14ClFN2O2. The zero-order chi connectivity index (χ0) is 13.1. The maximum atomic E-state index is 13.3. The molecule has 2 atom stereocenters. The van der Waals surface area contributed by atoms with E-state index < -0.39 is 17.8 Å². The van der Waals surface area contributed by atoms with Crippen LogP contribution in [0.15, 0.2) is 18.2 Å². The van der Waals surface area contributed by atoms with Crippen molar-refractivity contribution < 1.29 is 13.9 Å². The first kappa shape index (κ1) is 13.3. The largest absolute Gasteiger partial charge is 0.374 e. The van der Waals surface area contributed by atoms with Crippen LogP contribution in [-0.4, -0.2) is 31.2 Å². The third-order valence-electron chi connectivity index (χ3n) is 2.90. The van der Waals surface area contributed by atoms with Gasteiger partial charge in [0.05, 0.1) is 17.7 Å². The SMILES string of the molecule is NC(=O)C1NCCOC1Cc1ccc(Cl)c(F)c1. The topological polar surface area (TPSA) is 64.4 Å². The van der Waals surface area contributed by atoms with Crippen molar-refractivity contribution in [3.8, 4) is 0 Å². The van der Waals surface area contributed by atoms with E-state index in [2.05, 4.69) is 5.32 Å². The molecule has 98 valence electrons. The number of nitrogens with one attached hydrogen (secondary N) is 1. The first-order valence-corrected chi connectivity index (χ1v) is 6.04. The quantitative estimate of drug-likeness (QED) is 0.858. The number of nitrogens with two attached hydrogens (primary N) is 1. The third kappa shape index (κ3) is 2.98. The van der Waals surface area contributed by atoms with Crippen LogP contribution in [-0.2, 0) is 16.0 Å². The summed E-state index contributed by atoms with van der Waals surface area (Å²) in [5, 5.41) is 3.07. The van der Waals surface area contributed by atoms with E-state index in [1.54, 1.807) is 6.07 Å². The van der Waals surface area contributed by atoms with Crippen LogP contribution in [0.4, 0.5) is 4.39 Å². The highest BCUT2D eigenvalue weighted by molar-refractivity contribution is 6.30. The molecule has 0 bridgehead atoms. The maximum Gasteiger partial charge on any atom is 0.237 e. The second-order valence-electron chi connectivity index (χ2n) is 4.20. The minimum absolute atomic E-state index is 0.0767. The molecule has 6 heteroatoms. The van der Waals surface area contributed by atoms with Crippen LogP contribution >= 0.6 is 11.6 Å². The Morgan fingerprint density at radius 3 is 3.06 bits per heavy atom. The van der Waals surface area contributed by atoms with Gasteiger partial charge in [-0.2, -0.15) is 0 Å². The lowest BCUT2D eigenvalue weighted by Gasteiger charge is -2.30. The molecule has 3 N–H and O–H groups in total. The lowest BCUT2D eigenvalue weighted by atomic mass is 10.00. The van der Waals surface area contributed by atoms with Gasteiger partial charge in [-0.25, -0.2) is 4.39 Å². The number of primary amides is 1. The molecule has 0 radical (unpaired) electrons. The predicted molar refractivity (Wildman–Crippen MR) is 65.8 cm³/mol. The summed E-state index contributed by atoms with van der Waals surface area (Å²) in [4.78, 5) is 11.3. The molecule has 1 aliphatic heterocycles. The summed E-state index contributed by atoms with van der Waals surface area (Å²) in [6.07, 6.45) is 0.0335. The Hall–Kier alpha value is -1.17. The Morgan fingerprint density at radius 2 is 2.39 bits per heavy atom. The fourth-order valence-corrected chi connectivity index (χ4v) is 2.13. The van der Waals surface area contributed by atoms with Crippen LogP contribution < -0.4 is 11.1 Å². The average Bonchev–Trinajstić information content (AvgIpc) is 2.34. The molecule has 1 fully saturated rings. The molecule has 1 aromatic carbocycles. The second-order valence-corrected chi connectivity index (χ2v) is 4.60. The van der Waals surface area contributed by atoms with Gasteiger partial charge in [0.25, 0.3) is 0 Å². The molecule has 0 saturated carbocycles. The van der Waals surface area contributed by atoms with Gasteiger partial charge < -0.3 is 15.8 Å². The maximum absolute atomic E-state index is 13.3. The number of hydrogen-bond acceptors (Lipinski definition) is 3. The van der Waals surface area contributed by atoms with E-state index >= 15 is 0 Å². The molecule has 1 heterocycles. The van der Waals surface area contributed by atoms with Gasteiger partial charge in [0.2, 0.25) is 5.91 Å². The van der Waals surface area contributed by atoms with E-state index in [9.17, 15) is 9.18 Å². The molecule has 2 rings (SSSR count). The number of ether oxygens (including phenoxy) is 1. The minimum Gasteiger partial charge on any atom is -0.374 e. The fraction of sp³-hybridized carbons (Fsp3) is 0.417. The van der Waals surface area contributed by atoms with Gasteiger partial charge in [0.15, 0.2) is 0 Å². The number of carbonyl (C=O) groups is 1. The van der Waals surface area contributed by atoms with Crippen LogP contribution in [0.2, 0.25) is 5.02 Å². The number of hydrogen-bond donors (Lipinski definition) is 2. The van der Waals surface area contributed by atoms with E-state index in [0.717, 1.165) is 5.56 Å². The van der Waals surface area contributed by atoms with Crippen LogP contribution in [0.5, 0.6) is 0 Å². The highest BCUT2D eigenvalue weighted by atomic mass is 35.5. The average molecular weight is 273 g/mol. The number of morpholine rings is 1. The van der Waals surface area contributed by atoms with Crippen molar-refractivity contribution in [1.29, 1.82) is 0 Å². The third-order valence-corrected chi connectivity index (χ3v) is 3.20. The van der Waals surface area contributed by atoms with Gasteiger partial charge in [-0.1, -0.05) is 17.7 Å². The summed E-state index contributed by atoms with van der Waals surface area (Å²) in [5.74, 6) is -0.942. The van der Waals surface area contributed by atoms with Crippen molar-refractivity contribution in [2.45, 2.75) is 18.6 Å². The summed E-state index contributed by atoms with van der Waals surface area (Å²) in [6, 6.07) is 4.00. The Balaban J connectivity index is 2.10. The van der Waals surface area contributed by atoms with Crippen LogP contribution in [0, 0.1) is 5.82 Å². The van der Waals surface area contributed by atoms with Crippen LogP contribution in [0.3, 0.4) is 0 Å². The Bertz CT molecular complexity index is 456. The molecule has 1 amide bonds. The number of halogens is 2. The Kier molecular flexibility index (Phi) is 4.16. The lowest BCUT2D eigenvalue weighted by molar-refractivity contribution is -0.126. The van der Waals surface area contributed by atoms with Crippen molar-refractivity contribution in [2.75, 3.05) is 13.2 Å². The molecule has 0 aromatic heterocycles. The van der Waals surface area contributed by atoms with Crippen molar-refractivity contribution >= 4 is 17.5 Å². The van der Waals surface area contributed by atoms with E-state index in [0.29, 0.717) is 19.6 Å². The molecule has 2 unspecified atom stereocenters. The molecule has 0 spiro atoms. The Morgan fingerprint density at radius 1 is 1.61 bits per heavy atom. The van der Waals surface area contributed by atoms with E-state index in [1.807, 2.05) is 0 Å². The highest BCUT2D eigenvalue weighted by Gasteiger charge is 2.30. The fourth-order valence-electron chi connectivity index (χ4n) is 2.01. The van der Waals surface area contributed by atoms with Crippen molar-refractivity contribution in [1.82, 2.24) is 5.32 Å². The molecule has 1 saturated heterocycles. The summed E-state index contributed by atoms with van der Waals surface area (Å²) in [5.41, 5.74) is 6.01. The smallest absolute Gasteiger partial charge is 0.237 e. The minimum atomic E-state index is -0.544. The van der Waals surface area contributed by atoms with Crippen molar-refractivity contribution in [3.63, 3.8) is 0 Å². The highest BCUT2D eigenvalue weighted by Crippen LogP contribution is 2.18. The van der Waals surface area contributed by atoms with Crippen LogP contribution in [0.1, 0.15) is 5.56 Å². The van der Waals surface area contributed by atoms with Crippen molar-refractivity contribution in [2.24, 2.45) is 5.73 Å². The molecule has 1 aromatic rings.